The second-order valence-electron chi connectivity index (χ2n) is 4.19. The van der Waals surface area contributed by atoms with Crippen molar-refractivity contribution in [2.75, 3.05) is 13.7 Å². The average molecular weight is 231 g/mol. The number of hydrogen-bond donors (Lipinski definition) is 1. The van der Waals surface area contributed by atoms with Crippen molar-refractivity contribution in [2.45, 2.75) is 18.9 Å². The van der Waals surface area contributed by atoms with E-state index >= 15 is 0 Å². The molecule has 0 saturated carbocycles. The van der Waals surface area contributed by atoms with Crippen LogP contribution in [0.2, 0.25) is 0 Å². The third-order valence-electron chi connectivity index (χ3n) is 3.12. The topological polar surface area (TPSA) is 42.4 Å². The fraction of sp³-hybridized carbons (Fsp3) is 0.357. The van der Waals surface area contributed by atoms with E-state index in [4.69, 9.17) is 4.74 Å². The Morgan fingerprint density at radius 3 is 2.82 bits per heavy atom. The van der Waals surface area contributed by atoms with Crippen molar-refractivity contribution < 1.29 is 9.84 Å². The summed E-state index contributed by atoms with van der Waals surface area (Å²) in [5, 5.41) is 11.6. The number of ether oxygens (including phenoxy) is 1. The fourth-order valence-electron chi connectivity index (χ4n) is 2.12. The predicted molar refractivity (Wildman–Crippen MR) is 67.8 cm³/mol. The number of pyridine rings is 1. The minimum Gasteiger partial charge on any atom is -0.383 e. The van der Waals surface area contributed by atoms with Crippen molar-refractivity contribution in [2.24, 2.45) is 0 Å². The van der Waals surface area contributed by atoms with E-state index in [2.05, 4.69) is 4.98 Å². The zero-order chi connectivity index (χ0) is 12.3. The minimum absolute atomic E-state index is 0.289. The molecule has 0 saturated heterocycles. The summed E-state index contributed by atoms with van der Waals surface area (Å²) in [6.45, 7) is 2.24. The third-order valence-corrected chi connectivity index (χ3v) is 3.12. The number of rotatable bonds is 4. The van der Waals surface area contributed by atoms with E-state index in [1.54, 1.807) is 13.3 Å². The van der Waals surface area contributed by atoms with Crippen LogP contribution in [0.4, 0.5) is 0 Å². The molecule has 3 heteroatoms. The number of fused-ring (bicyclic) bond motifs is 1. The Labute approximate surface area is 101 Å². The highest BCUT2D eigenvalue weighted by molar-refractivity contribution is 5.82. The molecule has 0 radical (unpaired) electrons. The Hall–Kier alpha value is -1.45. The van der Waals surface area contributed by atoms with E-state index in [0.717, 1.165) is 16.5 Å². The fourth-order valence-corrected chi connectivity index (χ4v) is 2.12. The Morgan fingerprint density at radius 2 is 2.12 bits per heavy atom. The lowest BCUT2D eigenvalue weighted by atomic mass is 9.89. The van der Waals surface area contributed by atoms with E-state index in [9.17, 15) is 5.11 Å². The molecule has 0 aliphatic rings. The van der Waals surface area contributed by atoms with Crippen LogP contribution < -0.4 is 0 Å². The average Bonchev–Trinajstić information content (AvgIpc) is 2.38. The molecule has 90 valence electrons. The summed E-state index contributed by atoms with van der Waals surface area (Å²) < 4.78 is 5.13. The molecule has 1 aromatic heterocycles. The maximum absolute atomic E-state index is 10.6. The summed E-state index contributed by atoms with van der Waals surface area (Å²) in [4.78, 5) is 4.30. The lowest BCUT2D eigenvalue weighted by Crippen LogP contribution is -2.30. The molecule has 0 aliphatic heterocycles. The number of benzene rings is 1. The molecule has 1 N–H and O–H groups in total. The predicted octanol–water partition coefficient (Wildman–Crippen LogP) is 2.48. The van der Waals surface area contributed by atoms with Crippen molar-refractivity contribution in [3.8, 4) is 0 Å². The Balaban J connectivity index is 2.61. The van der Waals surface area contributed by atoms with Gasteiger partial charge in [0, 0.05) is 18.7 Å². The van der Waals surface area contributed by atoms with Gasteiger partial charge in [0.2, 0.25) is 0 Å². The molecule has 1 heterocycles. The molecule has 1 atom stereocenters. The van der Waals surface area contributed by atoms with Gasteiger partial charge in [-0.1, -0.05) is 25.1 Å². The molecule has 1 aromatic carbocycles. The van der Waals surface area contributed by atoms with Crippen LogP contribution in [0.15, 0.2) is 36.5 Å². The molecule has 3 nitrogen and oxygen atoms in total. The van der Waals surface area contributed by atoms with Gasteiger partial charge in [0.1, 0.15) is 5.60 Å². The van der Waals surface area contributed by atoms with E-state index in [-0.39, 0.29) is 6.61 Å². The van der Waals surface area contributed by atoms with Gasteiger partial charge < -0.3 is 9.84 Å². The summed E-state index contributed by atoms with van der Waals surface area (Å²) >= 11 is 0. The number of aliphatic hydroxyl groups is 1. The van der Waals surface area contributed by atoms with Gasteiger partial charge in [0.25, 0.3) is 0 Å². The van der Waals surface area contributed by atoms with Crippen LogP contribution in [-0.2, 0) is 10.3 Å². The molecular formula is C14H17NO2. The van der Waals surface area contributed by atoms with E-state index in [1.807, 2.05) is 37.3 Å². The zero-order valence-corrected chi connectivity index (χ0v) is 10.2. The number of nitrogens with zero attached hydrogens (tertiary/aromatic N) is 1. The first-order valence-corrected chi connectivity index (χ1v) is 5.77. The van der Waals surface area contributed by atoms with Gasteiger partial charge in [0.15, 0.2) is 0 Å². The minimum atomic E-state index is -0.947. The maximum Gasteiger partial charge on any atom is 0.113 e. The highest BCUT2D eigenvalue weighted by atomic mass is 16.5. The van der Waals surface area contributed by atoms with Gasteiger partial charge >= 0.3 is 0 Å². The first-order valence-electron chi connectivity index (χ1n) is 5.77. The first-order chi connectivity index (χ1) is 8.21. The van der Waals surface area contributed by atoms with Gasteiger partial charge in [-0.25, -0.2) is 0 Å². The van der Waals surface area contributed by atoms with Crippen LogP contribution in [-0.4, -0.2) is 23.8 Å². The smallest absolute Gasteiger partial charge is 0.113 e. The van der Waals surface area contributed by atoms with Gasteiger partial charge in [-0.3, -0.25) is 4.98 Å². The van der Waals surface area contributed by atoms with Crippen molar-refractivity contribution in [1.82, 2.24) is 4.98 Å². The van der Waals surface area contributed by atoms with Crippen molar-refractivity contribution >= 4 is 10.9 Å². The van der Waals surface area contributed by atoms with Crippen LogP contribution in [0.5, 0.6) is 0 Å². The van der Waals surface area contributed by atoms with Crippen LogP contribution in [0.25, 0.3) is 10.9 Å². The van der Waals surface area contributed by atoms with Crippen LogP contribution >= 0.6 is 0 Å². The van der Waals surface area contributed by atoms with E-state index in [0.29, 0.717) is 6.42 Å². The lowest BCUT2D eigenvalue weighted by Gasteiger charge is -2.27. The Kier molecular flexibility index (Phi) is 3.41. The lowest BCUT2D eigenvalue weighted by molar-refractivity contribution is -0.0375. The molecule has 17 heavy (non-hydrogen) atoms. The molecule has 1 unspecified atom stereocenters. The summed E-state index contributed by atoms with van der Waals surface area (Å²) in [7, 11) is 1.60. The van der Waals surface area contributed by atoms with E-state index < -0.39 is 5.60 Å². The molecule has 2 aromatic rings. The van der Waals surface area contributed by atoms with Crippen LogP contribution in [0.1, 0.15) is 18.9 Å². The quantitative estimate of drug-likeness (QED) is 0.879. The normalized spacial score (nSPS) is 14.8. The molecule has 0 spiro atoms. The molecule has 0 fully saturated rings. The summed E-state index contributed by atoms with van der Waals surface area (Å²) in [6, 6.07) is 9.66. The first kappa shape index (κ1) is 12.0. The van der Waals surface area contributed by atoms with E-state index in [1.165, 1.54) is 0 Å². The molecule has 2 rings (SSSR count). The van der Waals surface area contributed by atoms with Crippen molar-refractivity contribution in [1.29, 1.82) is 0 Å². The molecule has 0 aliphatic carbocycles. The second kappa shape index (κ2) is 4.82. The second-order valence-corrected chi connectivity index (χ2v) is 4.19. The number of hydrogen-bond acceptors (Lipinski definition) is 3. The highest BCUT2D eigenvalue weighted by Gasteiger charge is 2.28. The van der Waals surface area contributed by atoms with Crippen LogP contribution in [0.3, 0.4) is 0 Å². The SMILES string of the molecule is CCC(O)(COC)c1cccc2ncccc12. The summed E-state index contributed by atoms with van der Waals surface area (Å²) in [6.07, 6.45) is 2.36. The standard InChI is InChI=1S/C14H17NO2/c1-3-14(16,10-17-2)12-7-4-8-13-11(12)6-5-9-15-13/h4-9,16H,3,10H2,1-2H3. The van der Waals surface area contributed by atoms with Crippen LogP contribution in [0, 0.1) is 0 Å². The summed E-state index contributed by atoms with van der Waals surface area (Å²) in [5.41, 5.74) is 0.831. The van der Waals surface area contributed by atoms with Crippen molar-refractivity contribution in [3.05, 3.63) is 42.1 Å². The molecule has 0 amide bonds. The third kappa shape index (κ3) is 2.16. The molecule has 0 bridgehead atoms. The van der Waals surface area contributed by atoms with Crippen molar-refractivity contribution in [3.63, 3.8) is 0 Å². The number of methoxy groups -OCH3 is 1. The zero-order valence-electron chi connectivity index (χ0n) is 10.2. The Morgan fingerprint density at radius 1 is 1.29 bits per heavy atom. The summed E-state index contributed by atoms with van der Waals surface area (Å²) in [5.74, 6) is 0. The van der Waals surface area contributed by atoms with Gasteiger partial charge in [0.05, 0.1) is 12.1 Å². The monoisotopic (exact) mass is 231 g/mol. The van der Waals surface area contributed by atoms with Gasteiger partial charge in [-0.05, 0) is 24.1 Å². The van der Waals surface area contributed by atoms with Gasteiger partial charge in [-0.15, -0.1) is 0 Å². The highest BCUT2D eigenvalue weighted by Crippen LogP contribution is 2.30. The Bertz CT molecular complexity index is 507. The molecular weight excluding hydrogens is 214 g/mol. The maximum atomic E-state index is 10.6. The van der Waals surface area contributed by atoms with Gasteiger partial charge in [-0.2, -0.15) is 0 Å². The largest absolute Gasteiger partial charge is 0.383 e. The number of aromatic nitrogens is 1.